The van der Waals surface area contributed by atoms with E-state index in [1.165, 1.54) is 19.1 Å². The molecule has 6 nitrogen and oxygen atoms in total. The third-order valence-electron chi connectivity index (χ3n) is 2.66. The molecule has 1 aromatic carbocycles. The highest BCUT2D eigenvalue weighted by molar-refractivity contribution is 5.96. The van der Waals surface area contributed by atoms with Crippen LogP contribution in [0.3, 0.4) is 0 Å². The lowest BCUT2D eigenvalue weighted by Gasteiger charge is -2.11. The zero-order valence-electron chi connectivity index (χ0n) is 10.8. The molecule has 0 spiro atoms. The van der Waals surface area contributed by atoms with E-state index in [4.69, 9.17) is 0 Å². The van der Waals surface area contributed by atoms with E-state index in [1.807, 2.05) is 0 Å². The minimum Gasteiger partial charge on any atom is -0.507 e. The number of benzene rings is 1. The highest BCUT2D eigenvalue weighted by Gasteiger charge is 2.36. The SMILES string of the molecule is CC(NC(=O)c1ccccc1O)c1nc(C(F)(F)F)n[nH]1. The van der Waals surface area contributed by atoms with E-state index in [0.717, 1.165) is 0 Å². The summed E-state index contributed by atoms with van der Waals surface area (Å²) in [5.41, 5.74) is 0.0138. The molecule has 1 heterocycles. The summed E-state index contributed by atoms with van der Waals surface area (Å²) in [7, 11) is 0. The average Bonchev–Trinajstić information content (AvgIpc) is 2.88. The number of halogens is 3. The van der Waals surface area contributed by atoms with Crippen LogP contribution in [0.5, 0.6) is 5.75 Å². The minimum atomic E-state index is -4.66. The number of phenolic OH excluding ortho intramolecular Hbond substituents is 1. The number of phenols is 1. The Hall–Kier alpha value is -2.58. The molecule has 3 N–H and O–H groups in total. The summed E-state index contributed by atoms with van der Waals surface area (Å²) in [6.45, 7) is 1.44. The van der Waals surface area contributed by atoms with Crippen molar-refractivity contribution in [3.05, 3.63) is 41.5 Å². The van der Waals surface area contributed by atoms with E-state index in [1.54, 1.807) is 12.1 Å². The van der Waals surface area contributed by atoms with Gasteiger partial charge in [0.25, 0.3) is 11.7 Å². The van der Waals surface area contributed by atoms with Gasteiger partial charge in [-0.3, -0.25) is 9.89 Å². The predicted molar refractivity (Wildman–Crippen MR) is 65.4 cm³/mol. The number of para-hydroxylation sites is 1. The number of alkyl halides is 3. The number of nitrogens with zero attached hydrogens (tertiary/aromatic N) is 2. The highest BCUT2D eigenvalue weighted by atomic mass is 19.4. The minimum absolute atomic E-state index is 0.0138. The Morgan fingerprint density at radius 2 is 2.05 bits per heavy atom. The van der Waals surface area contributed by atoms with Crippen molar-refractivity contribution in [2.75, 3.05) is 0 Å². The van der Waals surface area contributed by atoms with Crippen molar-refractivity contribution in [2.24, 2.45) is 0 Å². The Morgan fingerprint density at radius 1 is 1.38 bits per heavy atom. The van der Waals surface area contributed by atoms with Crippen molar-refractivity contribution in [3.8, 4) is 5.75 Å². The summed E-state index contributed by atoms with van der Waals surface area (Å²) in [5.74, 6) is -2.30. The molecule has 9 heteroatoms. The Morgan fingerprint density at radius 3 is 2.62 bits per heavy atom. The van der Waals surface area contributed by atoms with Gasteiger partial charge in [0.05, 0.1) is 11.6 Å². The summed E-state index contributed by atoms with van der Waals surface area (Å²) >= 11 is 0. The number of carbonyl (C=O) groups is 1. The van der Waals surface area contributed by atoms with Crippen LogP contribution in [0.25, 0.3) is 0 Å². The molecule has 0 radical (unpaired) electrons. The number of hydrogen-bond donors (Lipinski definition) is 3. The van der Waals surface area contributed by atoms with Crippen molar-refractivity contribution in [3.63, 3.8) is 0 Å². The molecule has 21 heavy (non-hydrogen) atoms. The summed E-state index contributed by atoms with van der Waals surface area (Å²) in [6, 6.07) is 4.98. The number of hydrogen-bond acceptors (Lipinski definition) is 4. The largest absolute Gasteiger partial charge is 0.507 e. The molecule has 1 amide bonds. The molecule has 1 atom stereocenters. The second-order valence-corrected chi connectivity index (χ2v) is 4.25. The normalized spacial score (nSPS) is 13.0. The van der Waals surface area contributed by atoms with Gasteiger partial charge in [0.2, 0.25) is 0 Å². The van der Waals surface area contributed by atoms with Gasteiger partial charge in [0, 0.05) is 0 Å². The van der Waals surface area contributed by atoms with Crippen molar-refractivity contribution in [2.45, 2.75) is 19.1 Å². The quantitative estimate of drug-likeness (QED) is 0.808. The first-order valence-corrected chi connectivity index (χ1v) is 5.87. The molecule has 0 aliphatic heterocycles. The number of aromatic amines is 1. The van der Waals surface area contributed by atoms with E-state index in [0.29, 0.717) is 0 Å². The third kappa shape index (κ3) is 3.30. The Kier molecular flexibility index (Phi) is 3.83. The van der Waals surface area contributed by atoms with Gasteiger partial charge < -0.3 is 10.4 Å². The first-order chi connectivity index (χ1) is 9.79. The van der Waals surface area contributed by atoms with Gasteiger partial charge in [-0.15, -0.1) is 5.10 Å². The molecule has 0 bridgehead atoms. The van der Waals surface area contributed by atoms with E-state index >= 15 is 0 Å². The molecule has 0 saturated heterocycles. The molecule has 0 saturated carbocycles. The zero-order valence-corrected chi connectivity index (χ0v) is 10.8. The van der Waals surface area contributed by atoms with Crippen molar-refractivity contribution in [1.82, 2.24) is 20.5 Å². The predicted octanol–water partition coefficient (Wildman–Crippen LogP) is 2.02. The molecular formula is C12H11F3N4O2. The van der Waals surface area contributed by atoms with Crippen LogP contribution in [-0.4, -0.2) is 26.2 Å². The maximum Gasteiger partial charge on any atom is 0.453 e. The number of carbonyl (C=O) groups excluding carboxylic acids is 1. The fourth-order valence-electron chi connectivity index (χ4n) is 1.60. The lowest BCUT2D eigenvalue weighted by atomic mass is 10.1. The molecule has 2 rings (SSSR count). The number of amides is 1. The van der Waals surface area contributed by atoms with Crippen LogP contribution < -0.4 is 5.32 Å². The van der Waals surface area contributed by atoms with Gasteiger partial charge in [-0.2, -0.15) is 13.2 Å². The van der Waals surface area contributed by atoms with Crippen LogP contribution in [0.1, 0.15) is 35.0 Å². The lowest BCUT2D eigenvalue weighted by Crippen LogP contribution is -2.27. The summed E-state index contributed by atoms with van der Waals surface area (Å²) < 4.78 is 37.1. The summed E-state index contributed by atoms with van der Waals surface area (Å²) in [6.07, 6.45) is -4.66. The monoisotopic (exact) mass is 300 g/mol. The maximum atomic E-state index is 12.4. The van der Waals surface area contributed by atoms with E-state index in [-0.39, 0.29) is 17.1 Å². The van der Waals surface area contributed by atoms with Crippen LogP contribution in [-0.2, 0) is 6.18 Å². The van der Waals surface area contributed by atoms with Gasteiger partial charge in [-0.05, 0) is 19.1 Å². The fraction of sp³-hybridized carbons (Fsp3) is 0.250. The fourth-order valence-corrected chi connectivity index (χ4v) is 1.60. The molecule has 112 valence electrons. The lowest BCUT2D eigenvalue weighted by molar-refractivity contribution is -0.144. The third-order valence-corrected chi connectivity index (χ3v) is 2.66. The summed E-state index contributed by atoms with van der Waals surface area (Å²) in [5, 5.41) is 17.1. The van der Waals surface area contributed by atoms with Crippen molar-refractivity contribution in [1.29, 1.82) is 0 Å². The van der Waals surface area contributed by atoms with E-state index < -0.39 is 23.9 Å². The molecule has 1 aromatic heterocycles. The van der Waals surface area contributed by atoms with Crippen LogP contribution >= 0.6 is 0 Å². The number of aromatic nitrogens is 3. The van der Waals surface area contributed by atoms with Crippen LogP contribution in [0.15, 0.2) is 24.3 Å². The van der Waals surface area contributed by atoms with E-state index in [9.17, 15) is 23.1 Å². The van der Waals surface area contributed by atoms with Gasteiger partial charge in [0.15, 0.2) is 0 Å². The number of rotatable bonds is 3. The van der Waals surface area contributed by atoms with Gasteiger partial charge >= 0.3 is 6.18 Å². The standard InChI is InChI=1S/C12H11F3N4O2/c1-6(9-17-11(19-18-9)12(13,14)15)16-10(21)7-4-2-3-5-8(7)20/h2-6,20H,1H3,(H,16,21)(H,17,18,19). The maximum absolute atomic E-state index is 12.4. The average molecular weight is 300 g/mol. The Balaban J connectivity index is 2.11. The highest BCUT2D eigenvalue weighted by Crippen LogP contribution is 2.26. The second-order valence-electron chi connectivity index (χ2n) is 4.25. The molecule has 0 aliphatic carbocycles. The second kappa shape index (κ2) is 5.43. The number of aromatic hydroxyl groups is 1. The molecule has 2 aromatic rings. The van der Waals surface area contributed by atoms with Crippen LogP contribution in [0.2, 0.25) is 0 Å². The first kappa shape index (κ1) is 14.8. The Labute approximate surface area is 117 Å². The summed E-state index contributed by atoms with van der Waals surface area (Å²) in [4.78, 5) is 15.2. The first-order valence-electron chi connectivity index (χ1n) is 5.87. The topological polar surface area (TPSA) is 90.9 Å². The molecular weight excluding hydrogens is 289 g/mol. The number of H-pyrrole nitrogens is 1. The molecule has 0 aliphatic rings. The van der Waals surface area contributed by atoms with Crippen molar-refractivity contribution >= 4 is 5.91 Å². The molecule has 1 unspecified atom stereocenters. The zero-order chi connectivity index (χ0) is 15.6. The van der Waals surface area contributed by atoms with Gasteiger partial charge in [0.1, 0.15) is 11.6 Å². The number of nitrogens with one attached hydrogen (secondary N) is 2. The van der Waals surface area contributed by atoms with Crippen LogP contribution in [0.4, 0.5) is 13.2 Å². The molecule has 0 fully saturated rings. The van der Waals surface area contributed by atoms with Gasteiger partial charge in [-0.25, -0.2) is 4.98 Å². The van der Waals surface area contributed by atoms with Gasteiger partial charge in [-0.1, -0.05) is 12.1 Å². The van der Waals surface area contributed by atoms with Crippen LogP contribution in [0, 0.1) is 0 Å². The van der Waals surface area contributed by atoms with E-state index in [2.05, 4.69) is 20.5 Å². The Bertz CT molecular complexity index is 654. The van der Waals surface area contributed by atoms with Crippen molar-refractivity contribution < 1.29 is 23.1 Å². The smallest absolute Gasteiger partial charge is 0.453 e.